The van der Waals surface area contributed by atoms with Gasteiger partial charge in [0.2, 0.25) is 0 Å². The molecule has 70 valence electrons. The zero-order valence-corrected chi connectivity index (χ0v) is 7.92. The average Bonchev–Trinajstić information content (AvgIpc) is 1.82. The molecule has 1 fully saturated rings. The molecule has 0 atom stereocenters. The Kier molecular flexibility index (Phi) is 2.42. The Bertz CT molecular complexity index is 183. The van der Waals surface area contributed by atoms with Crippen molar-refractivity contribution >= 4 is 5.91 Å². The van der Waals surface area contributed by atoms with E-state index >= 15 is 0 Å². The molecule has 3 nitrogen and oxygen atoms in total. The summed E-state index contributed by atoms with van der Waals surface area (Å²) >= 11 is 0. The standard InChI is InChI=1S/C9H17NO2/c1-6(2)10-8(11)9(12)4-7(3)5-9/h6-7,12H,4-5H2,1-3H3,(H,10,11). The van der Waals surface area contributed by atoms with Gasteiger partial charge in [0.05, 0.1) is 0 Å². The molecule has 3 heteroatoms. The van der Waals surface area contributed by atoms with Gasteiger partial charge in [-0.15, -0.1) is 0 Å². The van der Waals surface area contributed by atoms with E-state index in [2.05, 4.69) is 5.32 Å². The average molecular weight is 171 g/mol. The van der Waals surface area contributed by atoms with E-state index in [1.807, 2.05) is 20.8 Å². The second kappa shape index (κ2) is 3.05. The van der Waals surface area contributed by atoms with E-state index in [0.717, 1.165) is 0 Å². The van der Waals surface area contributed by atoms with Crippen LogP contribution in [0.25, 0.3) is 0 Å². The number of hydrogen-bond donors (Lipinski definition) is 2. The molecule has 1 amide bonds. The summed E-state index contributed by atoms with van der Waals surface area (Å²) in [4.78, 5) is 11.3. The maximum absolute atomic E-state index is 11.3. The molecule has 0 unspecified atom stereocenters. The van der Waals surface area contributed by atoms with Crippen LogP contribution in [-0.4, -0.2) is 22.7 Å². The molecule has 2 N–H and O–H groups in total. The number of carbonyl (C=O) groups is 1. The molecule has 0 aliphatic heterocycles. The highest BCUT2D eigenvalue weighted by Gasteiger charge is 2.46. The molecule has 0 radical (unpaired) electrons. The number of amides is 1. The zero-order valence-electron chi connectivity index (χ0n) is 7.92. The highest BCUT2D eigenvalue weighted by Crippen LogP contribution is 2.37. The van der Waals surface area contributed by atoms with Crippen LogP contribution in [0.4, 0.5) is 0 Å². The van der Waals surface area contributed by atoms with Crippen molar-refractivity contribution in [2.45, 2.75) is 45.3 Å². The molecule has 0 aromatic heterocycles. The number of carbonyl (C=O) groups excluding carboxylic acids is 1. The highest BCUT2D eigenvalue weighted by molar-refractivity contribution is 5.86. The van der Waals surface area contributed by atoms with E-state index in [0.29, 0.717) is 18.8 Å². The lowest BCUT2D eigenvalue weighted by Gasteiger charge is -2.40. The topological polar surface area (TPSA) is 49.3 Å². The summed E-state index contributed by atoms with van der Waals surface area (Å²) in [5.41, 5.74) is -1.07. The Balaban J connectivity index is 2.42. The number of aliphatic hydroxyl groups is 1. The molecule has 0 heterocycles. The van der Waals surface area contributed by atoms with Crippen molar-refractivity contribution < 1.29 is 9.90 Å². The van der Waals surface area contributed by atoms with Gasteiger partial charge in [-0.3, -0.25) is 4.79 Å². The minimum absolute atomic E-state index is 0.109. The SMILES string of the molecule is CC1CC(O)(C(=O)NC(C)C)C1. The quantitative estimate of drug-likeness (QED) is 0.641. The fraction of sp³-hybridized carbons (Fsp3) is 0.889. The third-order valence-electron chi connectivity index (χ3n) is 2.21. The number of hydrogen-bond acceptors (Lipinski definition) is 2. The van der Waals surface area contributed by atoms with E-state index < -0.39 is 5.60 Å². The van der Waals surface area contributed by atoms with Crippen LogP contribution in [0.15, 0.2) is 0 Å². The summed E-state index contributed by atoms with van der Waals surface area (Å²) in [6.45, 7) is 5.82. The van der Waals surface area contributed by atoms with Gasteiger partial charge in [0, 0.05) is 6.04 Å². The second-order valence-electron chi connectivity index (χ2n) is 4.17. The number of rotatable bonds is 2. The van der Waals surface area contributed by atoms with Crippen molar-refractivity contribution in [3.8, 4) is 0 Å². The summed E-state index contributed by atoms with van der Waals surface area (Å²) in [5.74, 6) is 0.267. The maximum atomic E-state index is 11.3. The highest BCUT2D eigenvalue weighted by atomic mass is 16.3. The smallest absolute Gasteiger partial charge is 0.252 e. The van der Waals surface area contributed by atoms with Gasteiger partial charge in [0.15, 0.2) is 0 Å². The lowest BCUT2D eigenvalue weighted by atomic mass is 9.71. The summed E-state index contributed by atoms with van der Waals surface area (Å²) in [6.07, 6.45) is 1.21. The van der Waals surface area contributed by atoms with Crippen LogP contribution < -0.4 is 5.32 Å². The Hall–Kier alpha value is -0.570. The molecule has 0 spiro atoms. The van der Waals surface area contributed by atoms with E-state index in [-0.39, 0.29) is 11.9 Å². The minimum Gasteiger partial charge on any atom is -0.380 e. The summed E-state index contributed by atoms with van der Waals surface area (Å²) in [5, 5.41) is 12.4. The Morgan fingerprint density at radius 3 is 2.42 bits per heavy atom. The van der Waals surface area contributed by atoms with Crippen LogP contribution in [0, 0.1) is 5.92 Å². The van der Waals surface area contributed by atoms with Gasteiger partial charge in [0.1, 0.15) is 5.60 Å². The van der Waals surface area contributed by atoms with Gasteiger partial charge in [-0.2, -0.15) is 0 Å². The summed E-state index contributed by atoms with van der Waals surface area (Å²) in [7, 11) is 0. The van der Waals surface area contributed by atoms with E-state index in [9.17, 15) is 9.90 Å². The second-order valence-corrected chi connectivity index (χ2v) is 4.17. The van der Waals surface area contributed by atoms with Crippen LogP contribution in [0.1, 0.15) is 33.6 Å². The predicted molar refractivity (Wildman–Crippen MR) is 46.6 cm³/mol. The monoisotopic (exact) mass is 171 g/mol. The summed E-state index contributed by atoms with van der Waals surface area (Å²) in [6, 6.07) is 0.109. The van der Waals surface area contributed by atoms with Gasteiger partial charge in [-0.1, -0.05) is 6.92 Å². The predicted octanol–water partition coefficient (Wildman–Crippen LogP) is 0.672. The van der Waals surface area contributed by atoms with Gasteiger partial charge >= 0.3 is 0 Å². The molecule has 1 aliphatic carbocycles. The lowest BCUT2D eigenvalue weighted by molar-refractivity contribution is -0.154. The molecule has 0 saturated heterocycles. The Morgan fingerprint density at radius 2 is 2.08 bits per heavy atom. The van der Waals surface area contributed by atoms with Crippen molar-refractivity contribution in [2.24, 2.45) is 5.92 Å². The first-order valence-electron chi connectivity index (χ1n) is 4.47. The number of nitrogens with one attached hydrogen (secondary N) is 1. The van der Waals surface area contributed by atoms with Crippen LogP contribution in [0.2, 0.25) is 0 Å². The Morgan fingerprint density at radius 1 is 1.58 bits per heavy atom. The molecule has 12 heavy (non-hydrogen) atoms. The first kappa shape index (κ1) is 9.52. The summed E-state index contributed by atoms with van der Waals surface area (Å²) < 4.78 is 0. The molecule has 0 bridgehead atoms. The molecule has 1 rings (SSSR count). The third kappa shape index (κ3) is 1.78. The van der Waals surface area contributed by atoms with Gasteiger partial charge in [-0.05, 0) is 32.6 Å². The van der Waals surface area contributed by atoms with Crippen LogP contribution in [0.5, 0.6) is 0 Å². The fourth-order valence-electron chi connectivity index (χ4n) is 1.68. The fourth-order valence-corrected chi connectivity index (χ4v) is 1.68. The van der Waals surface area contributed by atoms with E-state index in [1.54, 1.807) is 0 Å². The van der Waals surface area contributed by atoms with E-state index in [4.69, 9.17) is 0 Å². The molecule has 0 aromatic carbocycles. The minimum atomic E-state index is -1.07. The molecular weight excluding hydrogens is 154 g/mol. The first-order valence-corrected chi connectivity index (χ1v) is 4.47. The van der Waals surface area contributed by atoms with Gasteiger partial charge in [-0.25, -0.2) is 0 Å². The van der Waals surface area contributed by atoms with Gasteiger partial charge in [0.25, 0.3) is 5.91 Å². The normalized spacial score (nSPS) is 34.6. The zero-order chi connectivity index (χ0) is 9.35. The van der Waals surface area contributed by atoms with Crippen molar-refractivity contribution in [1.82, 2.24) is 5.32 Å². The molecular formula is C9H17NO2. The maximum Gasteiger partial charge on any atom is 0.252 e. The van der Waals surface area contributed by atoms with Crippen molar-refractivity contribution in [3.63, 3.8) is 0 Å². The van der Waals surface area contributed by atoms with Crippen molar-refractivity contribution in [1.29, 1.82) is 0 Å². The van der Waals surface area contributed by atoms with E-state index in [1.165, 1.54) is 0 Å². The van der Waals surface area contributed by atoms with Gasteiger partial charge < -0.3 is 10.4 Å². The van der Waals surface area contributed by atoms with Crippen molar-refractivity contribution in [2.75, 3.05) is 0 Å². The molecule has 0 aromatic rings. The largest absolute Gasteiger partial charge is 0.380 e. The first-order chi connectivity index (χ1) is 5.44. The van der Waals surface area contributed by atoms with Crippen LogP contribution in [0.3, 0.4) is 0 Å². The van der Waals surface area contributed by atoms with Crippen LogP contribution in [-0.2, 0) is 4.79 Å². The lowest BCUT2D eigenvalue weighted by Crippen LogP contribution is -2.56. The molecule has 1 saturated carbocycles. The Labute approximate surface area is 73.2 Å². The van der Waals surface area contributed by atoms with Crippen molar-refractivity contribution in [3.05, 3.63) is 0 Å². The molecule has 1 aliphatic rings. The van der Waals surface area contributed by atoms with Crippen LogP contribution >= 0.6 is 0 Å². The third-order valence-corrected chi connectivity index (χ3v) is 2.21.